The van der Waals surface area contributed by atoms with E-state index in [0.717, 1.165) is 45.3 Å². The number of benzene rings is 1. The van der Waals surface area contributed by atoms with Gasteiger partial charge in [0.05, 0.1) is 0 Å². The molecule has 0 unspecified atom stereocenters. The normalized spacial score (nSPS) is 21.7. The van der Waals surface area contributed by atoms with E-state index in [2.05, 4.69) is 41.4 Å². The summed E-state index contributed by atoms with van der Waals surface area (Å²) in [5.74, 6) is 0.598. The van der Waals surface area contributed by atoms with Gasteiger partial charge in [-0.1, -0.05) is 29.8 Å². The van der Waals surface area contributed by atoms with Gasteiger partial charge in [0.1, 0.15) is 0 Å². The van der Waals surface area contributed by atoms with Gasteiger partial charge in [-0.25, -0.2) is 0 Å². The summed E-state index contributed by atoms with van der Waals surface area (Å²) in [5.41, 5.74) is 2.77. The summed E-state index contributed by atoms with van der Waals surface area (Å²) in [5, 5.41) is 3.41. The minimum absolute atomic E-state index is 0.243. The molecule has 1 N–H and O–H groups in total. The van der Waals surface area contributed by atoms with Gasteiger partial charge in [-0.3, -0.25) is 4.79 Å². The molecule has 1 amide bonds. The van der Waals surface area contributed by atoms with Crippen LogP contribution in [0.5, 0.6) is 0 Å². The summed E-state index contributed by atoms with van der Waals surface area (Å²) in [6, 6.07) is 8.52. The van der Waals surface area contributed by atoms with Crippen LogP contribution in [0.1, 0.15) is 36.8 Å². The zero-order valence-corrected chi connectivity index (χ0v) is 15.0. The SMILES string of the molecule is COCCCN(Cc1ccc(C)cc1)C(=O)[C@@H]1CC12CCNCC2. The van der Waals surface area contributed by atoms with Crippen LogP contribution in [0.4, 0.5) is 0 Å². The average molecular weight is 330 g/mol. The number of nitrogens with one attached hydrogen (secondary N) is 1. The number of amides is 1. The molecule has 3 rings (SSSR count). The molecule has 2 aliphatic rings. The van der Waals surface area contributed by atoms with Gasteiger partial charge in [-0.2, -0.15) is 0 Å². The first-order chi connectivity index (χ1) is 11.6. The van der Waals surface area contributed by atoms with Crippen LogP contribution < -0.4 is 5.32 Å². The van der Waals surface area contributed by atoms with Crippen LogP contribution in [0.15, 0.2) is 24.3 Å². The molecule has 1 spiro atoms. The predicted octanol–water partition coefficient (Wildman–Crippen LogP) is 2.75. The van der Waals surface area contributed by atoms with Crippen LogP contribution in [-0.4, -0.2) is 44.2 Å². The fraction of sp³-hybridized carbons (Fsp3) is 0.650. The van der Waals surface area contributed by atoms with Crippen molar-refractivity contribution in [3.8, 4) is 0 Å². The third-order valence-corrected chi connectivity index (χ3v) is 5.67. The Morgan fingerprint density at radius 2 is 2.00 bits per heavy atom. The van der Waals surface area contributed by atoms with Crippen molar-refractivity contribution in [2.24, 2.45) is 11.3 Å². The number of ether oxygens (including phenoxy) is 1. The van der Waals surface area contributed by atoms with Gasteiger partial charge in [0.25, 0.3) is 0 Å². The number of carbonyl (C=O) groups excluding carboxylic acids is 1. The first-order valence-electron chi connectivity index (χ1n) is 9.19. The molecular weight excluding hydrogens is 300 g/mol. The lowest BCUT2D eigenvalue weighted by molar-refractivity contribution is -0.134. The highest BCUT2D eigenvalue weighted by atomic mass is 16.5. The molecular formula is C20H30N2O2. The van der Waals surface area contributed by atoms with Crippen LogP contribution in [0.2, 0.25) is 0 Å². The molecule has 4 heteroatoms. The second kappa shape index (κ2) is 7.66. The van der Waals surface area contributed by atoms with Gasteiger partial charge in [0.15, 0.2) is 0 Å². The van der Waals surface area contributed by atoms with E-state index in [1.807, 2.05) is 0 Å². The molecule has 1 heterocycles. The van der Waals surface area contributed by atoms with E-state index < -0.39 is 0 Å². The van der Waals surface area contributed by atoms with Crippen LogP contribution in [0, 0.1) is 18.3 Å². The van der Waals surface area contributed by atoms with Gasteiger partial charge in [0.2, 0.25) is 5.91 Å². The summed E-state index contributed by atoms with van der Waals surface area (Å²) in [6.45, 7) is 6.42. The Labute approximate surface area is 145 Å². The lowest BCUT2D eigenvalue weighted by atomic mass is 9.91. The Morgan fingerprint density at radius 1 is 1.29 bits per heavy atom. The molecule has 1 saturated heterocycles. The monoisotopic (exact) mass is 330 g/mol. The second-order valence-corrected chi connectivity index (χ2v) is 7.46. The molecule has 0 bridgehead atoms. The van der Waals surface area contributed by atoms with Crippen molar-refractivity contribution >= 4 is 5.91 Å². The maximum absolute atomic E-state index is 13.1. The van der Waals surface area contributed by atoms with E-state index >= 15 is 0 Å². The quantitative estimate of drug-likeness (QED) is 0.782. The second-order valence-electron chi connectivity index (χ2n) is 7.46. The van der Waals surface area contributed by atoms with E-state index in [1.165, 1.54) is 11.1 Å². The topological polar surface area (TPSA) is 41.6 Å². The minimum atomic E-state index is 0.243. The number of carbonyl (C=O) groups is 1. The maximum Gasteiger partial charge on any atom is 0.226 e. The number of nitrogens with zero attached hydrogens (tertiary/aromatic N) is 1. The zero-order valence-electron chi connectivity index (χ0n) is 15.0. The lowest BCUT2D eigenvalue weighted by Crippen LogP contribution is -2.37. The Morgan fingerprint density at radius 3 is 2.67 bits per heavy atom. The van der Waals surface area contributed by atoms with Crippen molar-refractivity contribution in [1.29, 1.82) is 0 Å². The first-order valence-corrected chi connectivity index (χ1v) is 9.19. The first kappa shape index (κ1) is 17.4. The fourth-order valence-corrected chi connectivity index (χ4v) is 3.98. The Hall–Kier alpha value is -1.39. The van der Waals surface area contributed by atoms with E-state index in [0.29, 0.717) is 24.5 Å². The standard InChI is InChI=1S/C20H30N2O2/c1-16-4-6-17(7-5-16)15-22(12-3-13-24-2)19(23)18-14-20(18)8-10-21-11-9-20/h4-7,18,21H,3,8-15H2,1-2H3/t18-/m0/s1. The summed E-state index contributed by atoms with van der Waals surface area (Å²) in [7, 11) is 1.72. The van der Waals surface area contributed by atoms with Gasteiger partial charge in [-0.05, 0) is 56.7 Å². The molecule has 1 aromatic carbocycles. The third-order valence-electron chi connectivity index (χ3n) is 5.67. The number of aryl methyl sites for hydroxylation is 1. The van der Waals surface area contributed by atoms with Crippen molar-refractivity contribution in [1.82, 2.24) is 10.2 Å². The van der Waals surface area contributed by atoms with Gasteiger partial charge in [0, 0.05) is 32.7 Å². The fourth-order valence-electron chi connectivity index (χ4n) is 3.98. The summed E-state index contributed by atoms with van der Waals surface area (Å²) >= 11 is 0. The molecule has 1 atom stereocenters. The van der Waals surface area contributed by atoms with E-state index in [1.54, 1.807) is 7.11 Å². The average Bonchev–Trinajstić information content (AvgIpc) is 3.29. The molecule has 0 radical (unpaired) electrons. The van der Waals surface area contributed by atoms with Gasteiger partial charge >= 0.3 is 0 Å². The highest BCUT2D eigenvalue weighted by Gasteiger charge is 2.58. The van der Waals surface area contributed by atoms with E-state index in [9.17, 15) is 4.79 Å². The molecule has 132 valence electrons. The van der Waals surface area contributed by atoms with E-state index in [4.69, 9.17) is 4.74 Å². The highest BCUT2D eigenvalue weighted by molar-refractivity contribution is 5.82. The summed E-state index contributed by atoms with van der Waals surface area (Å²) in [4.78, 5) is 15.2. The largest absolute Gasteiger partial charge is 0.385 e. The molecule has 1 saturated carbocycles. The van der Waals surface area contributed by atoms with E-state index in [-0.39, 0.29) is 5.92 Å². The van der Waals surface area contributed by atoms with Crippen molar-refractivity contribution in [3.05, 3.63) is 35.4 Å². The van der Waals surface area contributed by atoms with Crippen LogP contribution in [0.25, 0.3) is 0 Å². The summed E-state index contributed by atoms with van der Waals surface area (Å²) < 4.78 is 5.18. The van der Waals surface area contributed by atoms with Crippen molar-refractivity contribution in [3.63, 3.8) is 0 Å². The minimum Gasteiger partial charge on any atom is -0.385 e. The van der Waals surface area contributed by atoms with Gasteiger partial charge in [-0.15, -0.1) is 0 Å². The molecule has 0 aromatic heterocycles. The van der Waals surface area contributed by atoms with Crippen molar-refractivity contribution in [2.45, 2.75) is 39.2 Å². The molecule has 1 aliphatic carbocycles. The molecule has 24 heavy (non-hydrogen) atoms. The number of methoxy groups -OCH3 is 1. The molecule has 2 fully saturated rings. The molecule has 4 nitrogen and oxygen atoms in total. The number of piperidine rings is 1. The van der Waals surface area contributed by atoms with Crippen LogP contribution in [0.3, 0.4) is 0 Å². The third kappa shape index (κ3) is 3.98. The highest BCUT2D eigenvalue weighted by Crippen LogP contribution is 2.59. The van der Waals surface area contributed by atoms with Gasteiger partial charge < -0.3 is 15.0 Å². The Bertz CT molecular complexity index is 549. The molecule has 1 aromatic rings. The number of hydrogen-bond donors (Lipinski definition) is 1. The maximum atomic E-state index is 13.1. The van der Waals surface area contributed by atoms with Crippen LogP contribution >= 0.6 is 0 Å². The Kier molecular flexibility index (Phi) is 5.57. The molecule has 1 aliphatic heterocycles. The van der Waals surface area contributed by atoms with Crippen molar-refractivity contribution < 1.29 is 9.53 Å². The smallest absolute Gasteiger partial charge is 0.226 e. The Balaban J connectivity index is 1.65. The van der Waals surface area contributed by atoms with Crippen LogP contribution in [-0.2, 0) is 16.1 Å². The number of rotatable bonds is 7. The van der Waals surface area contributed by atoms with Crippen molar-refractivity contribution in [2.75, 3.05) is 33.4 Å². The lowest BCUT2D eigenvalue weighted by Gasteiger charge is -2.27. The zero-order chi connectivity index (χ0) is 17.0. The number of hydrogen-bond acceptors (Lipinski definition) is 3. The summed E-state index contributed by atoms with van der Waals surface area (Å²) in [6.07, 6.45) is 4.29. The predicted molar refractivity (Wildman–Crippen MR) is 95.7 cm³/mol.